The zero-order valence-electron chi connectivity index (χ0n) is 19.8. The Morgan fingerprint density at radius 3 is 2.50 bits per heavy atom. The van der Waals surface area contributed by atoms with Crippen LogP contribution in [0.1, 0.15) is 41.7 Å². The van der Waals surface area contributed by atoms with Crippen LogP contribution < -0.4 is 15.0 Å². The molecule has 0 bridgehead atoms. The van der Waals surface area contributed by atoms with E-state index >= 15 is 0 Å². The van der Waals surface area contributed by atoms with E-state index in [1.807, 2.05) is 37.3 Å². The van der Waals surface area contributed by atoms with Gasteiger partial charge in [0.05, 0.1) is 17.3 Å². The molecule has 5 rings (SSSR count). The van der Waals surface area contributed by atoms with E-state index in [2.05, 4.69) is 5.32 Å². The summed E-state index contributed by atoms with van der Waals surface area (Å²) in [4.78, 5) is 42.6. The molecule has 0 aliphatic carbocycles. The van der Waals surface area contributed by atoms with Gasteiger partial charge in [0.1, 0.15) is 18.8 Å². The van der Waals surface area contributed by atoms with E-state index < -0.39 is 23.4 Å². The number of carbonyl (C=O) groups is 3. The molecule has 0 saturated carbocycles. The normalized spacial score (nSPS) is 19.5. The Hall–Kier alpha value is -4.20. The van der Waals surface area contributed by atoms with E-state index in [4.69, 9.17) is 4.74 Å². The van der Waals surface area contributed by atoms with E-state index in [0.717, 1.165) is 5.56 Å². The molecule has 1 saturated heterocycles. The number of ether oxygens (including phenoxy) is 1. The van der Waals surface area contributed by atoms with Crippen molar-refractivity contribution < 1.29 is 23.5 Å². The van der Waals surface area contributed by atoms with Crippen LogP contribution in [0.25, 0.3) is 0 Å². The Bertz CT molecular complexity index is 1310. The number of benzene rings is 3. The number of para-hydroxylation sites is 2. The van der Waals surface area contributed by atoms with Crippen LogP contribution in [0.4, 0.5) is 10.1 Å². The molecule has 2 atom stereocenters. The number of halogens is 1. The van der Waals surface area contributed by atoms with E-state index in [-0.39, 0.29) is 30.7 Å². The van der Waals surface area contributed by atoms with Crippen LogP contribution in [0.5, 0.6) is 5.75 Å². The molecular formula is C28H26FN3O4. The minimum atomic E-state index is -0.939. The van der Waals surface area contributed by atoms with E-state index in [1.54, 1.807) is 41.3 Å². The van der Waals surface area contributed by atoms with Crippen molar-refractivity contribution >= 4 is 23.4 Å². The largest absolute Gasteiger partial charge is 0.488 e. The van der Waals surface area contributed by atoms with Crippen molar-refractivity contribution in [2.75, 3.05) is 18.1 Å². The molecule has 2 unspecified atom stereocenters. The van der Waals surface area contributed by atoms with Crippen LogP contribution >= 0.6 is 0 Å². The molecule has 0 radical (unpaired) electrons. The first-order chi connectivity index (χ1) is 17.4. The molecule has 0 spiro atoms. The predicted molar refractivity (Wildman–Crippen MR) is 132 cm³/mol. The highest BCUT2D eigenvalue weighted by Crippen LogP contribution is 2.43. The number of fused-ring (bicyclic) bond motifs is 3. The highest BCUT2D eigenvalue weighted by atomic mass is 19.1. The first-order valence-electron chi connectivity index (χ1n) is 11.8. The number of rotatable bonds is 7. The topological polar surface area (TPSA) is 79.0 Å². The maximum atomic E-state index is 14.1. The third-order valence-corrected chi connectivity index (χ3v) is 6.83. The average Bonchev–Trinajstić information content (AvgIpc) is 3.20. The summed E-state index contributed by atoms with van der Waals surface area (Å²) in [5.41, 5.74) is 0.803. The molecule has 1 N–H and O–H groups in total. The number of hydrogen-bond donors (Lipinski definition) is 1. The summed E-state index contributed by atoms with van der Waals surface area (Å²) in [6, 6.07) is 21.7. The summed E-state index contributed by atoms with van der Waals surface area (Å²) < 4.78 is 19.8. The molecule has 8 heteroatoms. The number of hydrogen-bond acceptors (Lipinski definition) is 4. The quantitative estimate of drug-likeness (QED) is 0.545. The Morgan fingerprint density at radius 1 is 1.03 bits per heavy atom. The summed E-state index contributed by atoms with van der Waals surface area (Å²) in [6.45, 7) is 1.57. The van der Waals surface area contributed by atoms with Crippen LogP contribution in [-0.4, -0.2) is 41.4 Å². The highest BCUT2D eigenvalue weighted by molar-refractivity contribution is 6.11. The van der Waals surface area contributed by atoms with Crippen molar-refractivity contribution in [2.45, 2.75) is 31.5 Å². The lowest BCUT2D eigenvalue weighted by Gasteiger charge is -2.48. The summed E-state index contributed by atoms with van der Waals surface area (Å²) in [7, 11) is 0. The third-order valence-electron chi connectivity index (χ3n) is 6.83. The molecule has 0 aromatic heterocycles. The molecule has 7 nitrogen and oxygen atoms in total. The minimum absolute atomic E-state index is 0.00462. The van der Waals surface area contributed by atoms with Gasteiger partial charge in [0.2, 0.25) is 11.8 Å². The van der Waals surface area contributed by atoms with Crippen LogP contribution in [0, 0.1) is 5.82 Å². The number of nitrogens with one attached hydrogen (secondary N) is 1. The first kappa shape index (κ1) is 23.5. The summed E-state index contributed by atoms with van der Waals surface area (Å²) in [5, 5.41) is 2.94. The van der Waals surface area contributed by atoms with Gasteiger partial charge in [-0.1, -0.05) is 54.6 Å². The molecule has 3 aromatic carbocycles. The molecule has 184 valence electrons. The average molecular weight is 488 g/mol. The zero-order valence-corrected chi connectivity index (χ0v) is 19.8. The standard InChI is InChI=1S/C28H26FN3O4/c1-28-16-15-26(34)32(28)23-13-7-5-11-20(23)27(35)31(28)17-25(33)30-22(19-9-3-2-4-10-19)18-36-24-14-8-6-12-21(24)29/h2-14,22H,15-18H2,1H3,(H,30,33). The van der Waals surface area contributed by atoms with E-state index in [9.17, 15) is 18.8 Å². The van der Waals surface area contributed by atoms with Gasteiger partial charge in [-0.25, -0.2) is 4.39 Å². The number of anilines is 1. The number of amides is 3. The van der Waals surface area contributed by atoms with Gasteiger partial charge in [0, 0.05) is 6.42 Å². The maximum absolute atomic E-state index is 14.1. The molecule has 3 amide bonds. The fourth-order valence-corrected chi connectivity index (χ4v) is 4.97. The molecule has 2 heterocycles. The summed E-state index contributed by atoms with van der Waals surface area (Å²) >= 11 is 0. The number of nitrogens with zero attached hydrogens (tertiary/aromatic N) is 2. The van der Waals surface area contributed by atoms with Crippen LogP contribution in [-0.2, 0) is 9.59 Å². The molecule has 36 heavy (non-hydrogen) atoms. The molecule has 2 aliphatic rings. The fourth-order valence-electron chi connectivity index (χ4n) is 4.97. The SMILES string of the molecule is CC12CCC(=O)N1c1ccccc1C(=O)N2CC(=O)NC(COc1ccccc1F)c1ccccc1. The lowest BCUT2D eigenvalue weighted by Crippen LogP contribution is -2.64. The second kappa shape index (κ2) is 9.45. The van der Waals surface area contributed by atoms with E-state index in [1.165, 1.54) is 17.0 Å². The Balaban J connectivity index is 1.38. The van der Waals surface area contributed by atoms with Gasteiger partial charge in [0.15, 0.2) is 11.6 Å². The monoisotopic (exact) mass is 487 g/mol. The van der Waals surface area contributed by atoms with Gasteiger partial charge in [0.25, 0.3) is 5.91 Å². The minimum Gasteiger partial charge on any atom is -0.488 e. The van der Waals surface area contributed by atoms with Gasteiger partial charge in [-0.3, -0.25) is 19.3 Å². The summed E-state index contributed by atoms with van der Waals surface area (Å²) in [6.07, 6.45) is 0.719. The second-order valence-corrected chi connectivity index (χ2v) is 9.13. The molecular weight excluding hydrogens is 461 g/mol. The van der Waals surface area contributed by atoms with Gasteiger partial charge in [-0.05, 0) is 43.2 Å². The third kappa shape index (κ3) is 4.19. The van der Waals surface area contributed by atoms with Crippen molar-refractivity contribution in [2.24, 2.45) is 0 Å². The first-order valence-corrected chi connectivity index (χ1v) is 11.8. The predicted octanol–water partition coefficient (Wildman–Crippen LogP) is 4.06. The van der Waals surface area contributed by atoms with Gasteiger partial charge >= 0.3 is 0 Å². The molecule has 1 fully saturated rings. The smallest absolute Gasteiger partial charge is 0.258 e. The van der Waals surface area contributed by atoms with Crippen LogP contribution in [0.15, 0.2) is 78.9 Å². The van der Waals surface area contributed by atoms with Gasteiger partial charge < -0.3 is 15.0 Å². The molecule has 3 aromatic rings. The van der Waals surface area contributed by atoms with Crippen molar-refractivity contribution in [3.8, 4) is 5.75 Å². The fraction of sp³-hybridized carbons (Fsp3) is 0.250. The van der Waals surface area contributed by atoms with E-state index in [0.29, 0.717) is 24.1 Å². The van der Waals surface area contributed by atoms with Gasteiger partial charge in [-0.15, -0.1) is 0 Å². The lowest BCUT2D eigenvalue weighted by molar-refractivity contribution is -0.124. The van der Waals surface area contributed by atoms with Crippen molar-refractivity contribution in [3.05, 3.63) is 95.8 Å². The van der Waals surface area contributed by atoms with Gasteiger partial charge in [-0.2, -0.15) is 0 Å². The summed E-state index contributed by atoms with van der Waals surface area (Å²) in [5.74, 6) is -1.19. The number of carbonyl (C=O) groups excluding carboxylic acids is 3. The highest BCUT2D eigenvalue weighted by Gasteiger charge is 2.53. The van der Waals surface area contributed by atoms with Crippen LogP contribution in [0.3, 0.4) is 0 Å². The molecule has 2 aliphatic heterocycles. The maximum Gasteiger partial charge on any atom is 0.258 e. The Kier molecular flexibility index (Phi) is 6.18. The zero-order chi connectivity index (χ0) is 25.3. The van der Waals surface area contributed by atoms with Crippen molar-refractivity contribution in [1.82, 2.24) is 10.2 Å². The lowest BCUT2D eigenvalue weighted by atomic mass is 9.98. The Morgan fingerprint density at radius 2 is 1.72 bits per heavy atom. The van der Waals surface area contributed by atoms with Crippen molar-refractivity contribution in [1.29, 1.82) is 0 Å². The Labute approximate surface area is 208 Å². The second-order valence-electron chi connectivity index (χ2n) is 9.13. The van der Waals surface area contributed by atoms with Crippen molar-refractivity contribution in [3.63, 3.8) is 0 Å². The van der Waals surface area contributed by atoms with Crippen LogP contribution in [0.2, 0.25) is 0 Å².